The zero-order chi connectivity index (χ0) is 19.1. The molecule has 0 spiro atoms. The van der Waals surface area contributed by atoms with Crippen LogP contribution in [0.4, 0.5) is 0 Å². The van der Waals surface area contributed by atoms with Crippen molar-refractivity contribution in [3.8, 4) is 0 Å². The largest absolute Gasteiger partial charge is 0.373 e. The van der Waals surface area contributed by atoms with Crippen LogP contribution >= 0.6 is 11.3 Å². The Balaban J connectivity index is 1.72. The molecule has 2 saturated heterocycles. The van der Waals surface area contributed by atoms with Crippen LogP contribution in [0.5, 0.6) is 0 Å². The van der Waals surface area contributed by atoms with Crippen LogP contribution in [0.2, 0.25) is 0 Å². The molecule has 5 nitrogen and oxygen atoms in total. The normalized spacial score (nSPS) is 27.9. The number of nitrogens with zero attached hydrogens (tertiary/aromatic N) is 3. The van der Waals surface area contributed by atoms with Crippen molar-refractivity contribution in [2.45, 2.75) is 78.0 Å². The highest BCUT2D eigenvalue weighted by molar-refractivity contribution is 7.14. The second kappa shape index (κ2) is 7.56. The summed E-state index contributed by atoms with van der Waals surface area (Å²) in [5.41, 5.74) is 0.863. The third kappa shape index (κ3) is 4.29. The van der Waals surface area contributed by atoms with Crippen molar-refractivity contribution in [2.24, 2.45) is 0 Å². The number of hydrogen-bond donors (Lipinski definition) is 0. The minimum atomic E-state index is -0.0154. The number of morpholine rings is 1. The fourth-order valence-electron chi connectivity index (χ4n) is 4.07. The molecule has 3 unspecified atom stereocenters. The molecule has 0 aromatic carbocycles. The average Bonchev–Trinajstić information content (AvgIpc) is 3.11. The zero-order valence-electron chi connectivity index (χ0n) is 17.0. The van der Waals surface area contributed by atoms with Crippen LogP contribution < -0.4 is 0 Å². The number of ether oxygens (including phenoxy) is 1. The molecule has 1 aromatic heterocycles. The molecular formula is C20H33N3O2S. The van der Waals surface area contributed by atoms with Crippen LogP contribution in [0.25, 0.3) is 0 Å². The first kappa shape index (κ1) is 19.8. The summed E-state index contributed by atoms with van der Waals surface area (Å²) in [7, 11) is 0. The van der Waals surface area contributed by atoms with E-state index in [2.05, 4.69) is 49.4 Å². The molecule has 0 radical (unpaired) electrons. The van der Waals surface area contributed by atoms with Crippen LogP contribution in [-0.2, 0) is 10.2 Å². The minimum absolute atomic E-state index is 0.0154. The lowest BCUT2D eigenvalue weighted by Gasteiger charge is -2.38. The molecule has 0 bridgehead atoms. The highest BCUT2D eigenvalue weighted by Gasteiger charge is 2.35. The standard InChI is InChI=1S/C20H33N3O2S/c1-13-10-22(11-14(2)25-13)12-16-8-7-9-23(16)18(24)17-15(3)21-19(26-17)20(4,5)6/h13-14,16H,7-12H2,1-6H3. The maximum absolute atomic E-state index is 13.2. The van der Waals surface area contributed by atoms with Crippen molar-refractivity contribution in [3.05, 3.63) is 15.6 Å². The first-order chi connectivity index (χ1) is 12.1. The molecule has 1 amide bonds. The van der Waals surface area contributed by atoms with Gasteiger partial charge in [0.1, 0.15) is 4.88 Å². The molecule has 0 aliphatic carbocycles. The van der Waals surface area contributed by atoms with Crippen LogP contribution in [0, 0.1) is 6.92 Å². The van der Waals surface area contributed by atoms with Crippen LogP contribution in [0.1, 0.15) is 67.8 Å². The smallest absolute Gasteiger partial charge is 0.266 e. The Morgan fingerprint density at radius 3 is 2.50 bits per heavy atom. The van der Waals surface area contributed by atoms with Crippen LogP contribution in [0.15, 0.2) is 0 Å². The van der Waals surface area contributed by atoms with Crippen molar-refractivity contribution < 1.29 is 9.53 Å². The lowest BCUT2D eigenvalue weighted by Crippen LogP contribution is -2.50. The maximum atomic E-state index is 13.2. The van der Waals surface area contributed by atoms with Gasteiger partial charge in [0.25, 0.3) is 5.91 Å². The quantitative estimate of drug-likeness (QED) is 0.807. The molecule has 26 heavy (non-hydrogen) atoms. The molecule has 0 N–H and O–H groups in total. The van der Waals surface area contributed by atoms with Gasteiger partial charge < -0.3 is 9.64 Å². The molecule has 146 valence electrons. The van der Waals surface area contributed by atoms with E-state index in [1.54, 1.807) is 11.3 Å². The fourth-order valence-corrected chi connectivity index (χ4v) is 5.15. The predicted octanol–water partition coefficient (Wildman–Crippen LogP) is 3.46. The van der Waals surface area contributed by atoms with Gasteiger partial charge in [-0.25, -0.2) is 4.98 Å². The Morgan fingerprint density at radius 2 is 1.92 bits per heavy atom. The Kier molecular flexibility index (Phi) is 5.75. The molecule has 3 atom stereocenters. The van der Waals surface area contributed by atoms with Gasteiger partial charge in [0.2, 0.25) is 0 Å². The molecule has 2 fully saturated rings. The summed E-state index contributed by atoms with van der Waals surface area (Å²) in [5.74, 6) is 0.173. The topological polar surface area (TPSA) is 45.7 Å². The fraction of sp³-hybridized carbons (Fsp3) is 0.800. The summed E-state index contributed by atoms with van der Waals surface area (Å²) in [4.78, 5) is 23.3. The Labute approximate surface area is 161 Å². The van der Waals surface area contributed by atoms with E-state index in [4.69, 9.17) is 4.74 Å². The van der Waals surface area contributed by atoms with Gasteiger partial charge in [-0.3, -0.25) is 9.69 Å². The number of rotatable bonds is 3. The van der Waals surface area contributed by atoms with Gasteiger partial charge in [-0.1, -0.05) is 20.8 Å². The number of carbonyl (C=O) groups is 1. The summed E-state index contributed by atoms with van der Waals surface area (Å²) < 4.78 is 5.85. The molecule has 3 heterocycles. The molecule has 3 rings (SSSR count). The summed E-state index contributed by atoms with van der Waals surface area (Å²) in [6.45, 7) is 16.4. The molecule has 1 aromatic rings. The summed E-state index contributed by atoms with van der Waals surface area (Å²) in [6, 6.07) is 0.305. The van der Waals surface area contributed by atoms with E-state index in [1.165, 1.54) is 0 Å². The number of hydrogen-bond acceptors (Lipinski definition) is 5. The average molecular weight is 380 g/mol. The monoisotopic (exact) mass is 379 g/mol. The van der Waals surface area contributed by atoms with Crippen molar-refractivity contribution in [3.63, 3.8) is 0 Å². The summed E-state index contributed by atoms with van der Waals surface area (Å²) in [5, 5.41) is 1.05. The second-order valence-corrected chi connectivity index (χ2v) is 9.95. The molecule has 2 aliphatic rings. The van der Waals surface area contributed by atoms with Gasteiger partial charge in [0.15, 0.2) is 0 Å². The Morgan fingerprint density at radius 1 is 1.27 bits per heavy atom. The Hall–Kier alpha value is -0.980. The number of thiazole rings is 1. The highest BCUT2D eigenvalue weighted by Crippen LogP contribution is 2.31. The first-order valence-electron chi connectivity index (χ1n) is 9.82. The zero-order valence-corrected chi connectivity index (χ0v) is 17.9. The number of aryl methyl sites for hydroxylation is 1. The van der Waals surface area contributed by atoms with E-state index in [0.717, 1.165) is 54.6 Å². The van der Waals surface area contributed by atoms with Gasteiger partial charge in [-0.05, 0) is 33.6 Å². The molecule has 0 saturated carbocycles. The number of aromatic nitrogens is 1. The van der Waals surface area contributed by atoms with Gasteiger partial charge in [0, 0.05) is 37.6 Å². The van der Waals surface area contributed by atoms with Crippen molar-refractivity contribution in [2.75, 3.05) is 26.2 Å². The Bertz CT molecular complexity index is 642. The second-order valence-electron chi connectivity index (χ2n) is 8.95. The van der Waals surface area contributed by atoms with Gasteiger partial charge in [-0.15, -0.1) is 11.3 Å². The van der Waals surface area contributed by atoms with Gasteiger partial charge in [0.05, 0.1) is 22.9 Å². The number of amides is 1. The van der Waals surface area contributed by atoms with E-state index in [1.807, 2.05) is 6.92 Å². The van der Waals surface area contributed by atoms with Crippen molar-refractivity contribution in [1.82, 2.24) is 14.8 Å². The van der Waals surface area contributed by atoms with Crippen LogP contribution in [-0.4, -0.2) is 65.1 Å². The number of carbonyl (C=O) groups excluding carboxylic acids is 1. The minimum Gasteiger partial charge on any atom is -0.373 e. The number of likely N-dealkylation sites (tertiary alicyclic amines) is 1. The maximum Gasteiger partial charge on any atom is 0.266 e. The van der Waals surface area contributed by atoms with E-state index >= 15 is 0 Å². The van der Waals surface area contributed by atoms with Crippen LogP contribution in [0.3, 0.4) is 0 Å². The van der Waals surface area contributed by atoms with E-state index < -0.39 is 0 Å². The van der Waals surface area contributed by atoms with Crippen molar-refractivity contribution in [1.29, 1.82) is 0 Å². The van der Waals surface area contributed by atoms with Gasteiger partial charge in [-0.2, -0.15) is 0 Å². The molecular weight excluding hydrogens is 346 g/mol. The van der Waals surface area contributed by atoms with Crippen molar-refractivity contribution >= 4 is 17.2 Å². The third-order valence-electron chi connectivity index (χ3n) is 5.23. The lowest BCUT2D eigenvalue weighted by molar-refractivity contribution is -0.0715. The lowest BCUT2D eigenvalue weighted by atomic mass is 9.98. The molecule has 6 heteroatoms. The molecule has 2 aliphatic heterocycles. The van der Waals surface area contributed by atoms with E-state index in [9.17, 15) is 4.79 Å². The first-order valence-corrected chi connectivity index (χ1v) is 10.6. The van der Waals surface area contributed by atoms with E-state index in [0.29, 0.717) is 6.04 Å². The van der Waals surface area contributed by atoms with E-state index in [-0.39, 0.29) is 23.5 Å². The highest BCUT2D eigenvalue weighted by atomic mass is 32.1. The summed E-state index contributed by atoms with van der Waals surface area (Å²) >= 11 is 1.57. The van der Waals surface area contributed by atoms with Gasteiger partial charge >= 0.3 is 0 Å². The summed E-state index contributed by atoms with van der Waals surface area (Å²) in [6.07, 6.45) is 2.72. The SMILES string of the molecule is Cc1nc(C(C)(C)C)sc1C(=O)N1CCCC1CN1CC(C)OC(C)C1. The third-order valence-corrected chi connectivity index (χ3v) is 6.81. The predicted molar refractivity (Wildman–Crippen MR) is 106 cm³/mol.